The number of aryl methyl sites for hydroxylation is 2. The Balaban J connectivity index is 2.31. The highest BCUT2D eigenvalue weighted by atomic mass is 32.2. The molecular formula is C11H13N2O2S2+. The van der Waals surface area contributed by atoms with Crippen molar-refractivity contribution in [1.82, 2.24) is 0 Å². The van der Waals surface area contributed by atoms with Crippen molar-refractivity contribution < 1.29 is 12.4 Å². The fourth-order valence-electron chi connectivity index (χ4n) is 1.36. The van der Waals surface area contributed by atoms with E-state index in [4.69, 9.17) is 0 Å². The van der Waals surface area contributed by atoms with Gasteiger partial charge < -0.3 is 0 Å². The Bertz CT molecular complexity index is 615. The van der Waals surface area contributed by atoms with Crippen LogP contribution in [0.2, 0.25) is 0 Å². The molecule has 17 heavy (non-hydrogen) atoms. The average molecular weight is 269 g/mol. The van der Waals surface area contributed by atoms with Gasteiger partial charge in [0.1, 0.15) is 4.90 Å². The van der Waals surface area contributed by atoms with Crippen LogP contribution in [0.4, 0.5) is 5.82 Å². The van der Waals surface area contributed by atoms with Gasteiger partial charge >= 0.3 is 15.8 Å². The fourth-order valence-corrected chi connectivity index (χ4v) is 3.10. The van der Waals surface area contributed by atoms with E-state index in [1.54, 1.807) is 41.3 Å². The molecule has 0 spiro atoms. The van der Waals surface area contributed by atoms with Gasteiger partial charge in [0.15, 0.2) is 0 Å². The van der Waals surface area contributed by atoms with Gasteiger partial charge in [-0.2, -0.15) is 17.1 Å². The lowest BCUT2D eigenvalue weighted by molar-refractivity contribution is -0.585. The van der Waals surface area contributed by atoms with Crippen molar-refractivity contribution in [2.45, 2.75) is 11.8 Å². The van der Waals surface area contributed by atoms with E-state index in [0.717, 1.165) is 5.56 Å². The van der Waals surface area contributed by atoms with Crippen molar-refractivity contribution in [2.24, 2.45) is 7.05 Å². The quantitative estimate of drug-likeness (QED) is 0.862. The van der Waals surface area contributed by atoms with Gasteiger partial charge in [-0.15, -0.1) is 0 Å². The number of sulfonamides is 1. The highest BCUT2D eigenvalue weighted by Gasteiger charge is 2.21. The average Bonchev–Trinajstić information content (AvgIpc) is 2.64. The maximum absolute atomic E-state index is 12.0. The molecule has 1 aromatic carbocycles. The van der Waals surface area contributed by atoms with E-state index in [9.17, 15) is 8.42 Å². The molecular weight excluding hydrogens is 256 g/mol. The van der Waals surface area contributed by atoms with Crippen LogP contribution in [-0.4, -0.2) is 8.42 Å². The van der Waals surface area contributed by atoms with Gasteiger partial charge in [-0.3, -0.25) is 0 Å². The van der Waals surface area contributed by atoms with Crippen LogP contribution >= 0.6 is 11.5 Å². The highest BCUT2D eigenvalue weighted by Crippen LogP contribution is 2.14. The van der Waals surface area contributed by atoms with Crippen LogP contribution in [0.5, 0.6) is 0 Å². The van der Waals surface area contributed by atoms with Crippen LogP contribution in [0.3, 0.4) is 0 Å². The van der Waals surface area contributed by atoms with E-state index in [2.05, 4.69) is 4.72 Å². The molecule has 0 aliphatic carbocycles. The summed E-state index contributed by atoms with van der Waals surface area (Å²) in [6, 6.07) is 8.49. The van der Waals surface area contributed by atoms with Crippen LogP contribution in [0.15, 0.2) is 40.6 Å². The number of nitrogens with one attached hydrogen (secondary N) is 1. The van der Waals surface area contributed by atoms with E-state index in [-0.39, 0.29) is 4.90 Å². The van der Waals surface area contributed by atoms with Crippen molar-refractivity contribution in [2.75, 3.05) is 4.72 Å². The summed E-state index contributed by atoms with van der Waals surface area (Å²) < 4.78 is 28.4. The standard InChI is InChI=1S/C11H12N2O2S2/c1-9-3-5-10(6-4-9)17(14,15)12-11-7-8-16-13(11)2/h3-8H,1-2H3/p+1. The van der Waals surface area contributed by atoms with Gasteiger partial charge in [-0.25, -0.2) is 0 Å². The minimum Gasteiger partial charge on any atom is -0.179 e. The minimum absolute atomic E-state index is 0.273. The zero-order valence-corrected chi connectivity index (χ0v) is 11.2. The Kier molecular flexibility index (Phi) is 3.17. The molecule has 1 heterocycles. The predicted octanol–water partition coefficient (Wildman–Crippen LogP) is 1.68. The first kappa shape index (κ1) is 12.1. The molecule has 6 heteroatoms. The molecule has 0 aliphatic rings. The molecule has 2 rings (SSSR count). The molecule has 0 radical (unpaired) electrons. The molecule has 90 valence electrons. The summed E-state index contributed by atoms with van der Waals surface area (Å²) in [4.78, 5) is 0.273. The summed E-state index contributed by atoms with van der Waals surface area (Å²) in [5.41, 5.74) is 1.03. The van der Waals surface area contributed by atoms with Gasteiger partial charge in [0.2, 0.25) is 0 Å². The third-order valence-corrected chi connectivity index (χ3v) is 4.50. The normalized spacial score (nSPS) is 11.4. The molecule has 1 aromatic heterocycles. The van der Waals surface area contributed by atoms with Crippen LogP contribution in [0.25, 0.3) is 0 Å². The minimum atomic E-state index is -3.49. The summed E-state index contributed by atoms with van der Waals surface area (Å²) in [6.07, 6.45) is 0. The SMILES string of the molecule is Cc1ccc(S(=O)(=O)Nc2ccs[n+]2C)cc1. The Morgan fingerprint density at radius 1 is 1.18 bits per heavy atom. The summed E-state index contributed by atoms with van der Waals surface area (Å²) in [6.45, 7) is 1.92. The number of benzene rings is 1. The largest absolute Gasteiger partial charge is 0.328 e. The second-order valence-corrected chi connectivity index (χ2v) is 6.42. The molecule has 0 aliphatic heterocycles. The molecule has 2 aromatic rings. The monoisotopic (exact) mass is 269 g/mol. The Hall–Kier alpha value is -1.40. The van der Waals surface area contributed by atoms with Crippen LogP contribution in [-0.2, 0) is 17.1 Å². The summed E-state index contributed by atoms with van der Waals surface area (Å²) >= 11 is 1.43. The van der Waals surface area contributed by atoms with Crippen molar-refractivity contribution in [3.05, 3.63) is 41.3 Å². The second-order valence-electron chi connectivity index (χ2n) is 3.71. The molecule has 0 fully saturated rings. The van der Waals surface area contributed by atoms with Crippen molar-refractivity contribution in [3.8, 4) is 0 Å². The number of anilines is 1. The van der Waals surface area contributed by atoms with Crippen molar-refractivity contribution in [1.29, 1.82) is 0 Å². The maximum atomic E-state index is 12.0. The summed E-state index contributed by atoms with van der Waals surface area (Å²) in [5, 5.41) is 1.83. The molecule has 0 atom stereocenters. The lowest BCUT2D eigenvalue weighted by Crippen LogP contribution is -2.28. The first-order valence-corrected chi connectivity index (χ1v) is 7.34. The van der Waals surface area contributed by atoms with E-state index >= 15 is 0 Å². The second kappa shape index (κ2) is 4.46. The topological polar surface area (TPSA) is 50.1 Å². The number of hydrogen-bond acceptors (Lipinski definition) is 3. The molecule has 0 amide bonds. The van der Waals surface area contributed by atoms with Crippen molar-refractivity contribution >= 4 is 27.4 Å². The van der Waals surface area contributed by atoms with Crippen LogP contribution in [0, 0.1) is 6.92 Å². The van der Waals surface area contributed by atoms with Crippen LogP contribution in [0.1, 0.15) is 5.56 Å². The lowest BCUT2D eigenvalue weighted by Gasteiger charge is -2.01. The first-order chi connectivity index (χ1) is 7.99. The maximum Gasteiger partial charge on any atom is 0.328 e. The zero-order chi connectivity index (χ0) is 12.5. The third kappa shape index (κ3) is 2.65. The molecule has 0 unspecified atom stereocenters. The third-order valence-electron chi connectivity index (χ3n) is 2.35. The van der Waals surface area contributed by atoms with Gasteiger partial charge in [-0.1, -0.05) is 17.7 Å². The Morgan fingerprint density at radius 3 is 2.35 bits per heavy atom. The smallest absolute Gasteiger partial charge is 0.179 e. The fraction of sp³-hybridized carbons (Fsp3) is 0.182. The van der Waals surface area contributed by atoms with E-state index in [1.165, 1.54) is 11.5 Å². The number of aromatic nitrogens is 1. The molecule has 0 bridgehead atoms. The molecule has 1 N–H and O–H groups in total. The number of rotatable bonds is 3. The molecule has 0 saturated carbocycles. The van der Waals surface area contributed by atoms with Gasteiger partial charge in [0.05, 0.1) is 7.05 Å². The van der Waals surface area contributed by atoms with Gasteiger partial charge in [0.25, 0.3) is 0 Å². The summed E-state index contributed by atoms with van der Waals surface area (Å²) in [5.74, 6) is 0.565. The van der Waals surface area contributed by atoms with E-state index in [1.807, 2.05) is 12.3 Å². The molecule has 0 saturated heterocycles. The van der Waals surface area contributed by atoms with Crippen molar-refractivity contribution in [3.63, 3.8) is 0 Å². The van der Waals surface area contributed by atoms with E-state index < -0.39 is 10.0 Å². The Morgan fingerprint density at radius 2 is 1.82 bits per heavy atom. The summed E-state index contributed by atoms with van der Waals surface area (Å²) in [7, 11) is -1.68. The number of nitrogens with zero attached hydrogens (tertiary/aromatic N) is 1. The number of hydrogen-bond donors (Lipinski definition) is 1. The zero-order valence-electron chi connectivity index (χ0n) is 9.54. The lowest BCUT2D eigenvalue weighted by atomic mass is 10.2. The van der Waals surface area contributed by atoms with Gasteiger partial charge in [0, 0.05) is 23.0 Å². The van der Waals surface area contributed by atoms with Crippen LogP contribution < -0.4 is 8.68 Å². The highest BCUT2D eigenvalue weighted by molar-refractivity contribution is 7.92. The molecule has 4 nitrogen and oxygen atoms in total. The first-order valence-electron chi connectivity index (χ1n) is 5.02. The predicted molar refractivity (Wildman–Crippen MR) is 67.5 cm³/mol. The van der Waals surface area contributed by atoms with E-state index in [0.29, 0.717) is 5.82 Å². The Labute approximate surface area is 105 Å². The van der Waals surface area contributed by atoms with Gasteiger partial charge in [-0.05, 0) is 19.1 Å².